The molecule has 0 amide bonds. The van der Waals surface area contributed by atoms with Gasteiger partial charge in [0, 0.05) is 12.4 Å². The summed E-state index contributed by atoms with van der Waals surface area (Å²) in [5.41, 5.74) is 0.795. The van der Waals surface area contributed by atoms with Gasteiger partial charge in [0.2, 0.25) is 11.6 Å². The van der Waals surface area contributed by atoms with Crippen LogP contribution in [0.25, 0.3) is 11.9 Å². The van der Waals surface area contributed by atoms with E-state index in [4.69, 9.17) is 0 Å². The average molecular weight is 199 g/mol. The van der Waals surface area contributed by atoms with E-state index in [1.807, 2.05) is 0 Å². The normalized spacial score (nSPS) is 14.7. The van der Waals surface area contributed by atoms with Crippen molar-refractivity contribution < 1.29 is 9.59 Å². The molecule has 0 aromatic carbocycles. The fourth-order valence-electron chi connectivity index (χ4n) is 1.58. The Kier molecular flexibility index (Phi) is 1.39. The summed E-state index contributed by atoms with van der Waals surface area (Å²) in [6, 6.07) is 1.74. The van der Waals surface area contributed by atoms with Gasteiger partial charge in [0.15, 0.2) is 0 Å². The number of hydrogen-bond acceptors (Lipinski definition) is 4. The van der Waals surface area contributed by atoms with Crippen molar-refractivity contribution in [1.29, 1.82) is 0 Å². The van der Waals surface area contributed by atoms with Crippen LogP contribution in [0.1, 0.15) is 16.2 Å². The molecule has 2 aromatic heterocycles. The molecule has 0 saturated heterocycles. The van der Waals surface area contributed by atoms with E-state index in [-0.39, 0.29) is 5.69 Å². The van der Waals surface area contributed by atoms with Crippen LogP contribution in [-0.4, -0.2) is 25.9 Å². The molecule has 0 bridgehead atoms. The van der Waals surface area contributed by atoms with E-state index in [0.29, 0.717) is 11.5 Å². The Morgan fingerprint density at radius 1 is 1.20 bits per heavy atom. The van der Waals surface area contributed by atoms with E-state index in [9.17, 15) is 9.59 Å². The quantitative estimate of drug-likeness (QED) is 0.580. The number of carbonyl (C=O) groups is 2. The maximum atomic E-state index is 11.5. The lowest BCUT2D eigenvalue weighted by atomic mass is 10.1. The zero-order valence-electron chi connectivity index (χ0n) is 7.54. The third-order valence-electron chi connectivity index (χ3n) is 2.27. The molecule has 2 heterocycles. The summed E-state index contributed by atoms with van der Waals surface area (Å²) in [6.07, 6.45) is 6.18. The summed E-state index contributed by atoms with van der Waals surface area (Å²) < 4.78 is 1.68. The highest BCUT2D eigenvalue weighted by molar-refractivity contribution is 6.49. The highest BCUT2D eigenvalue weighted by atomic mass is 16.2. The predicted molar refractivity (Wildman–Crippen MR) is 51.4 cm³/mol. The Hall–Kier alpha value is -2.30. The van der Waals surface area contributed by atoms with Gasteiger partial charge in [0.05, 0.1) is 5.69 Å². The zero-order chi connectivity index (χ0) is 10.4. The summed E-state index contributed by atoms with van der Waals surface area (Å²) in [5, 5.41) is 0. The van der Waals surface area contributed by atoms with Gasteiger partial charge in [-0.15, -0.1) is 0 Å². The van der Waals surface area contributed by atoms with Crippen molar-refractivity contribution in [3.05, 3.63) is 35.9 Å². The molecule has 0 fully saturated rings. The van der Waals surface area contributed by atoms with Crippen LogP contribution in [-0.2, 0) is 4.79 Å². The van der Waals surface area contributed by atoms with Gasteiger partial charge >= 0.3 is 0 Å². The van der Waals surface area contributed by atoms with Crippen LogP contribution >= 0.6 is 0 Å². The third-order valence-corrected chi connectivity index (χ3v) is 2.27. The van der Waals surface area contributed by atoms with Crippen LogP contribution in [0.5, 0.6) is 0 Å². The van der Waals surface area contributed by atoms with E-state index < -0.39 is 11.6 Å². The van der Waals surface area contributed by atoms with E-state index >= 15 is 0 Å². The number of rotatable bonds is 0. The van der Waals surface area contributed by atoms with Gasteiger partial charge in [-0.25, -0.2) is 9.97 Å². The molecule has 0 N–H and O–H groups in total. The first-order chi connectivity index (χ1) is 7.27. The van der Waals surface area contributed by atoms with Crippen molar-refractivity contribution in [2.24, 2.45) is 0 Å². The second-order valence-corrected chi connectivity index (χ2v) is 3.16. The van der Waals surface area contributed by atoms with Crippen molar-refractivity contribution in [3.8, 4) is 0 Å². The minimum atomic E-state index is -0.571. The molecule has 0 unspecified atom stereocenters. The number of fused-ring (bicyclic) bond motifs is 3. The molecule has 1 aliphatic carbocycles. The number of carbonyl (C=O) groups excluding carboxylic acids is 2. The van der Waals surface area contributed by atoms with Gasteiger partial charge in [-0.3, -0.25) is 14.0 Å². The summed E-state index contributed by atoms with van der Waals surface area (Å²) in [7, 11) is 0. The Balaban J connectivity index is 2.43. The number of nitrogens with zero attached hydrogens (tertiary/aromatic N) is 3. The number of hydrogen-bond donors (Lipinski definition) is 0. The zero-order valence-corrected chi connectivity index (χ0v) is 7.54. The molecule has 0 atom stereocenters. The van der Waals surface area contributed by atoms with Crippen molar-refractivity contribution in [3.63, 3.8) is 0 Å². The molecule has 0 radical (unpaired) electrons. The largest absolute Gasteiger partial charge is 0.285 e. The Bertz CT molecular complexity index is 625. The van der Waals surface area contributed by atoms with Gasteiger partial charge in [0.1, 0.15) is 5.69 Å². The van der Waals surface area contributed by atoms with Crippen molar-refractivity contribution in [2.45, 2.75) is 0 Å². The lowest BCUT2D eigenvalue weighted by Gasteiger charge is -2.01. The molecule has 15 heavy (non-hydrogen) atoms. The number of allylic oxidation sites excluding steroid dienone is 1. The molecule has 0 saturated carbocycles. The van der Waals surface area contributed by atoms with Crippen LogP contribution in [0.2, 0.25) is 0 Å². The molecular weight excluding hydrogens is 194 g/mol. The van der Waals surface area contributed by atoms with E-state index in [1.165, 1.54) is 6.08 Å². The van der Waals surface area contributed by atoms with E-state index in [1.54, 1.807) is 28.9 Å². The summed E-state index contributed by atoms with van der Waals surface area (Å²) >= 11 is 0. The second kappa shape index (κ2) is 2.60. The molecule has 0 spiro atoms. The highest BCUT2D eigenvalue weighted by Gasteiger charge is 2.25. The van der Waals surface area contributed by atoms with Gasteiger partial charge < -0.3 is 0 Å². The monoisotopic (exact) mass is 199 g/mol. The molecule has 2 aromatic rings. The maximum Gasteiger partial charge on any atom is 0.253 e. The SMILES string of the molecule is O=C1C=Cc2c(nc3ncccn23)C1=O. The summed E-state index contributed by atoms with van der Waals surface area (Å²) in [6.45, 7) is 0. The highest BCUT2D eigenvalue weighted by Crippen LogP contribution is 2.17. The van der Waals surface area contributed by atoms with Gasteiger partial charge in [0.25, 0.3) is 5.78 Å². The molecular formula is C10H5N3O2. The predicted octanol–water partition coefficient (Wildman–Crippen LogP) is 0.508. The standard InChI is InChI=1S/C10H5N3O2/c14-7-3-2-6-8(9(7)15)12-10-11-4-1-5-13(6)10/h1-5H. The first kappa shape index (κ1) is 8.05. The summed E-state index contributed by atoms with van der Waals surface area (Å²) in [4.78, 5) is 30.6. The number of aromatic nitrogens is 3. The van der Waals surface area contributed by atoms with Gasteiger partial charge in [-0.1, -0.05) is 0 Å². The van der Waals surface area contributed by atoms with Crippen molar-refractivity contribution in [1.82, 2.24) is 14.4 Å². The summed E-state index contributed by atoms with van der Waals surface area (Å²) in [5.74, 6) is -0.681. The molecule has 5 nitrogen and oxygen atoms in total. The van der Waals surface area contributed by atoms with E-state index in [2.05, 4.69) is 9.97 Å². The first-order valence-electron chi connectivity index (χ1n) is 4.37. The molecule has 3 rings (SSSR count). The van der Waals surface area contributed by atoms with Crippen LogP contribution in [0, 0.1) is 0 Å². The minimum absolute atomic E-state index is 0.182. The van der Waals surface area contributed by atoms with Crippen LogP contribution in [0.3, 0.4) is 0 Å². The number of ketones is 2. The van der Waals surface area contributed by atoms with Crippen LogP contribution in [0.4, 0.5) is 0 Å². The van der Waals surface area contributed by atoms with E-state index in [0.717, 1.165) is 0 Å². The van der Waals surface area contributed by atoms with Crippen molar-refractivity contribution in [2.75, 3.05) is 0 Å². The van der Waals surface area contributed by atoms with Crippen LogP contribution < -0.4 is 0 Å². The number of Topliss-reactive ketones (excluding diaryl/α,β-unsaturated/α-hetero) is 1. The Labute approximate surface area is 84.1 Å². The van der Waals surface area contributed by atoms with Crippen LogP contribution in [0.15, 0.2) is 24.5 Å². The fourth-order valence-corrected chi connectivity index (χ4v) is 1.58. The lowest BCUT2D eigenvalue weighted by Crippen LogP contribution is -2.16. The van der Waals surface area contributed by atoms with Gasteiger partial charge in [-0.2, -0.15) is 0 Å². The topological polar surface area (TPSA) is 64.3 Å². The Morgan fingerprint density at radius 3 is 2.93 bits per heavy atom. The third kappa shape index (κ3) is 0.969. The Morgan fingerprint density at radius 2 is 2.07 bits per heavy atom. The fraction of sp³-hybridized carbons (Fsp3) is 0. The lowest BCUT2D eigenvalue weighted by molar-refractivity contribution is -0.111. The molecule has 72 valence electrons. The molecule has 0 aliphatic heterocycles. The first-order valence-corrected chi connectivity index (χ1v) is 4.37. The van der Waals surface area contributed by atoms with Crippen molar-refractivity contribution >= 4 is 23.4 Å². The number of imidazole rings is 1. The molecule has 5 heteroatoms. The minimum Gasteiger partial charge on any atom is -0.285 e. The van der Waals surface area contributed by atoms with Gasteiger partial charge in [-0.05, 0) is 18.2 Å². The smallest absolute Gasteiger partial charge is 0.253 e. The average Bonchev–Trinajstić information content (AvgIpc) is 2.63. The maximum absolute atomic E-state index is 11.5. The molecule has 1 aliphatic rings. The second-order valence-electron chi connectivity index (χ2n) is 3.16.